The van der Waals surface area contributed by atoms with Gasteiger partial charge in [0.2, 0.25) is 0 Å². The summed E-state index contributed by atoms with van der Waals surface area (Å²) in [5, 5.41) is 5.50. The second-order valence-electron chi connectivity index (χ2n) is 4.09. The number of likely N-dealkylation sites (N-methyl/N-ethyl adjacent to an activating group) is 1. The average Bonchev–Trinajstić information content (AvgIpc) is 2.96. The molecule has 4 nitrogen and oxygen atoms in total. The molecule has 2 aromatic heterocycles. The minimum absolute atomic E-state index is 0.401. The molecule has 2 heterocycles. The molecule has 17 heavy (non-hydrogen) atoms. The summed E-state index contributed by atoms with van der Waals surface area (Å²) in [5.41, 5.74) is 0. The van der Waals surface area contributed by atoms with Gasteiger partial charge in [-0.05, 0) is 25.5 Å². The number of hydrogen-bond donors (Lipinski definition) is 1. The van der Waals surface area contributed by atoms with Crippen molar-refractivity contribution in [1.82, 2.24) is 15.2 Å². The Morgan fingerprint density at radius 1 is 1.53 bits per heavy atom. The first-order valence-corrected chi connectivity index (χ1v) is 6.43. The molecule has 0 aromatic carbocycles. The molecule has 0 saturated carbocycles. The Morgan fingerprint density at radius 3 is 3.00 bits per heavy atom. The lowest BCUT2D eigenvalue weighted by atomic mass is 10.2. The summed E-state index contributed by atoms with van der Waals surface area (Å²) in [6.07, 6.45) is 3.20. The van der Waals surface area contributed by atoms with Gasteiger partial charge in [0.25, 0.3) is 0 Å². The number of nitrogens with zero attached hydrogens (tertiary/aromatic N) is 2. The molecule has 0 fully saturated rings. The molecule has 0 aliphatic rings. The van der Waals surface area contributed by atoms with Crippen molar-refractivity contribution in [2.24, 2.45) is 0 Å². The Hall–Kier alpha value is -1.17. The number of thiophene rings is 1. The molecule has 1 unspecified atom stereocenters. The summed E-state index contributed by atoms with van der Waals surface area (Å²) in [6, 6.07) is 4.66. The van der Waals surface area contributed by atoms with Gasteiger partial charge in [0.05, 0.1) is 18.8 Å². The van der Waals surface area contributed by atoms with Crippen molar-refractivity contribution in [2.75, 3.05) is 20.6 Å². The molecule has 0 aliphatic heterocycles. The third-order valence-electron chi connectivity index (χ3n) is 2.62. The van der Waals surface area contributed by atoms with E-state index in [0.29, 0.717) is 6.04 Å². The summed E-state index contributed by atoms with van der Waals surface area (Å²) in [5.74, 6) is 0.869. The molecule has 0 saturated heterocycles. The minimum Gasteiger partial charge on any atom is -0.447 e. The van der Waals surface area contributed by atoms with Crippen molar-refractivity contribution in [3.05, 3.63) is 40.7 Å². The maximum Gasteiger partial charge on any atom is 0.180 e. The largest absolute Gasteiger partial charge is 0.447 e. The fourth-order valence-corrected chi connectivity index (χ4v) is 2.60. The molecule has 1 atom stereocenters. The molecule has 0 aliphatic carbocycles. The Kier molecular flexibility index (Phi) is 4.30. The van der Waals surface area contributed by atoms with Gasteiger partial charge in [-0.15, -0.1) is 11.3 Å². The second kappa shape index (κ2) is 5.95. The van der Waals surface area contributed by atoms with Crippen LogP contribution in [0.4, 0.5) is 0 Å². The second-order valence-corrected chi connectivity index (χ2v) is 5.07. The van der Waals surface area contributed by atoms with Gasteiger partial charge in [-0.1, -0.05) is 6.07 Å². The fourth-order valence-electron chi connectivity index (χ4n) is 1.68. The summed E-state index contributed by atoms with van der Waals surface area (Å²) >= 11 is 1.79. The van der Waals surface area contributed by atoms with Gasteiger partial charge in [-0.25, -0.2) is 4.98 Å². The van der Waals surface area contributed by atoms with Crippen molar-refractivity contribution < 1.29 is 4.42 Å². The quantitative estimate of drug-likeness (QED) is 0.854. The Balaban J connectivity index is 1.86. The van der Waals surface area contributed by atoms with Crippen LogP contribution in [0.25, 0.3) is 0 Å². The average molecular weight is 251 g/mol. The normalized spacial score (nSPS) is 13.1. The third-order valence-corrected chi connectivity index (χ3v) is 3.59. The fraction of sp³-hybridized carbons (Fsp3) is 0.417. The standard InChI is InChI=1S/C12H17N3OS/c1-15(2)11(12-4-3-5-17-12)8-13-6-10-7-14-9-16-10/h3-5,7,9,11,13H,6,8H2,1-2H3. The highest BCUT2D eigenvalue weighted by molar-refractivity contribution is 7.10. The lowest BCUT2D eigenvalue weighted by Crippen LogP contribution is -2.30. The summed E-state index contributed by atoms with van der Waals surface area (Å²) in [6.45, 7) is 1.62. The Morgan fingerprint density at radius 2 is 2.41 bits per heavy atom. The monoisotopic (exact) mass is 251 g/mol. The van der Waals surface area contributed by atoms with E-state index in [9.17, 15) is 0 Å². The predicted octanol–water partition coefficient (Wildman–Crippen LogP) is 2.13. The first kappa shape index (κ1) is 12.3. The third kappa shape index (κ3) is 3.39. The van der Waals surface area contributed by atoms with Gasteiger partial charge < -0.3 is 14.6 Å². The Labute approximate surface area is 105 Å². The van der Waals surface area contributed by atoms with E-state index in [0.717, 1.165) is 18.8 Å². The van der Waals surface area contributed by atoms with Crippen LogP contribution in [-0.2, 0) is 6.54 Å². The summed E-state index contributed by atoms with van der Waals surface area (Å²) in [4.78, 5) is 7.49. The van der Waals surface area contributed by atoms with Crippen molar-refractivity contribution in [3.63, 3.8) is 0 Å². The van der Waals surface area contributed by atoms with Crippen LogP contribution in [0.5, 0.6) is 0 Å². The van der Waals surface area contributed by atoms with Crippen LogP contribution in [0.1, 0.15) is 16.7 Å². The SMILES string of the molecule is CN(C)C(CNCc1cnco1)c1cccs1. The maximum absolute atomic E-state index is 5.18. The molecule has 0 spiro atoms. The van der Waals surface area contributed by atoms with Gasteiger partial charge in [-0.2, -0.15) is 0 Å². The first-order chi connectivity index (χ1) is 8.27. The maximum atomic E-state index is 5.18. The van der Waals surface area contributed by atoms with Crippen molar-refractivity contribution >= 4 is 11.3 Å². The summed E-state index contributed by atoms with van der Waals surface area (Å²) in [7, 11) is 4.20. The lowest BCUT2D eigenvalue weighted by molar-refractivity contribution is 0.289. The van der Waals surface area contributed by atoms with Gasteiger partial charge >= 0.3 is 0 Å². The molecular weight excluding hydrogens is 234 g/mol. The molecular formula is C12H17N3OS. The topological polar surface area (TPSA) is 41.3 Å². The molecule has 2 rings (SSSR count). The molecule has 0 radical (unpaired) electrons. The van der Waals surface area contributed by atoms with Crippen LogP contribution < -0.4 is 5.32 Å². The zero-order valence-corrected chi connectivity index (χ0v) is 10.9. The van der Waals surface area contributed by atoms with E-state index >= 15 is 0 Å². The van der Waals surface area contributed by atoms with Crippen LogP contribution in [-0.4, -0.2) is 30.5 Å². The first-order valence-electron chi connectivity index (χ1n) is 5.55. The van der Waals surface area contributed by atoms with Crippen LogP contribution >= 0.6 is 11.3 Å². The lowest BCUT2D eigenvalue weighted by Gasteiger charge is -2.23. The number of rotatable bonds is 6. The highest BCUT2D eigenvalue weighted by atomic mass is 32.1. The molecule has 0 amide bonds. The van der Waals surface area contributed by atoms with Crippen LogP contribution in [0.15, 0.2) is 34.5 Å². The van der Waals surface area contributed by atoms with Gasteiger partial charge in [-0.3, -0.25) is 0 Å². The van der Waals surface area contributed by atoms with Crippen molar-refractivity contribution in [1.29, 1.82) is 0 Å². The number of hydrogen-bond acceptors (Lipinski definition) is 5. The smallest absolute Gasteiger partial charge is 0.180 e. The number of oxazole rings is 1. The van der Waals surface area contributed by atoms with E-state index in [4.69, 9.17) is 4.42 Å². The van der Waals surface area contributed by atoms with E-state index in [1.54, 1.807) is 17.5 Å². The molecule has 1 N–H and O–H groups in total. The molecule has 5 heteroatoms. The molecule has 0 bridgehead atoms. The van der Waals surface area contributed by atoms with E-state index in [2.05, 4.69) is 46.8 Å². The number of aromatic nitrogens is 1. The molecule has 92 valence electrons. The highest BCUT2D eigenvalue weighted by Gasteiger charge is 2.14. The van der Waals surface area contributed by atoms with E-state index in [1.807, 2.05) is 0 Å². The zero-order chi connectivity index (χ0) is 12.1. The zero-order valence-electron chi connectivity index (χ0n) is 10.1. The minimum atomic E-state index is 0.401. The predicted molar refractivity (Wildman–Crippen MR) is 69.0 cm³/mol. The van der Waals surface area contributed by atoms with Gasteiger partial charge in [0, 0.05) is 11.4 Å². The van der Waals surface area contributed by atoms with Crippen molar-refractivity contribution in [3.8, 4) is 0 Å². The van der Waals surface area contributed by atoms with E-state index in [-0.39, 0.29) is 0 Å². The van der Waals surface area contributed by atoms with Gasteiger partial charge in [0.1, 0.15) is 5.76 Å². The Bertz CT molecular complexity index is 411. The van der Waals surface area contributed by atoms with Crippen LogP contribution in [0.3, 0.4) is 0 Å². The van der Waals surface area contributed by atoms with Gasteiger partial charge in [0.15, 0.2) is 6.39 Å². The van der Waals surface area contributed by atoms with E-state index < -0.39 is 0 Å². The highest BCUT2D eigenvalue weighted by Crippen LogP contribution is 2.22. The number of nitrogens with one attached hydrogen (secondary N) is 1. The van der Waals surface area contributed by atoms with E-state index in [1.165, 1.54) is 11.3 Å². The van der Waals surface area contributed by atoms with Crippen LogP contribution in [0.2, 0.25) is 0 Å². The van der Waals surface area contributed by atoms with Crippen molar-refractivity contribution in [2.45, 2.75) is 12.6 Å². The van der Waals surface area contributed by atoms with Crippen LogP contribution in [0, 0.1) is 0 Å². The molecule has 2 aromatic rings. The summed E-state index contributed by atoms with van der Waals surface area (Å²) < 4.78 is 5.18.